The molecule has 5 nitrogen and oxygen atoms in total. The second-order valence-corrected chi connectivity index (χ2v) is 5.94. The van der Waals surface area contributed by atoms with Crippen LogP contribution in [0.5, 0.6) is 0 Å². The highest BCUT2D eigenvalue weighted by molar-refractivity contribution is 5.99. The van der Waals surface area contributed by atoms with Crippen LogP contribution >= 0.6 is 0 Å². The lowest BCUT2D eigenvalue weighted by Crippen LogP contribution is -2.47. The monoisotopic (exact) mass is 287 g/mol. The van der Waals surface area contributed by atoms with Gasteiger partial charge in [0.15, 0.2) is 0 Å². The standard InChI is InChI=1S/C16H21N3O2/c17-14-4-2-1-3-13(14)16(21)19-9-7-12(8-10-19)18-15(20)11-5-6-11/h1-4,11-12H,5-10,17H2,(H,18,20). The number of rotatable bonds is 3. The Labute approximate surface area is 124 Å². The molecule has 3 N–H and O–H groups in total. The van der Waals surface area contributed by atoms with Gasteiger partial charge in [0, 0.05) is 30.7 Å². The highest BCUT2D eigenvalue weighted by Crippen LogP contribution is 2.29. The van der Waals surface area contributed by atoms with Crippen LogP contribution in [0.4, 0.5) is 5.69 Å². The first-order valence-electron chi connectivity index (χ1n) is 7.59. The Morgan fingerprint density at radius 2 is 1.76 bits per heavy atom. The smallest absolute Gasteiger partial charge is 0.255 e. The lowest BCUT2D eigenvalue weighted by atomic mass is 10.0. The zero-order valence-electron chi connectivity index (χ0n) is 12.0. The third kappa shape index (κ3) is 3.17. The van der Waals surface area contributed by atoms with Gasteiger partial charge in [-0.3, -0.25) is 9.59 Å². The van der Waals surface area contributed by atoms with Gasteiger partial charge in [-0.25, -0.2) is 0 Å². The zero-order valence-corrected chi connectivity index (χ0v) is 12.0. The minimum atomic E-state index is -0.0138. The number of nitrogen functional groups attached to an aromatic ring is 1. The summed E-state index contributed by atoms with van der Waals surface area (Å²) >= 11 is 0. The number of likely N-dealkylation sites (tertiary alicyclic amines) is 1. The minimum Gasteiger partial charge on any atom is -0.398 e. The summed E-state index contributed by atoms with van der Waals surface area (Å²) in [4.78, 5) is 26.0. The maximum Gasteiger partial charge on any atom is 0.255 e. The summed E-state index contributed by atoms with van der Waals surface area (Å²) < 4.78 is 0. The van der Waals surface area contributed by atoms with E-state index in [0.717, 1.165) is 25.7 Å². The zero-order chi connectivity index (χ0) is 14.8. The van der Waals surface area contributed by atoms with Crippen LogP contribution in [0, 0.1) is 5.92 Å². The van der Waals surface area contributed by atoms with Crippen molar-refractivity contribution in [3.8, 4) is 0 Å². The van der Waals surface area contributed by atoms with Crippen molar-refractivity contribution >= 4 is 17.5 Å². The summed E-state index contributed by atoms with van der Waals surface area (Å²) in [6.45, 7) is 1.34. The maximum atomic E-state index is 12.4. The van der Waals surface area contributed by atoms with E-state index in [9.17, 15) is 9.59 Å². The van der Waals surface area contributed by atoms with Crippen molar-refractivity contribution in [3.63, 3.8) is 0 Å². The number of carbonyl (C=O) groups excluding carboxylic acids is 2. The van der Waals surface area contributed by atoms with Gasteiger partial charge >= 0.3 is 0 Å². The van der Waals surface area contributed by atoms with Gasteiger partial charge < -0.3 is 16.0 Å². The van der Waals surface area contributed by atoms with Gasteiger partial charge in [0.05, 0.1) is 5.56 Å². The van der Waals surface area contributed by atoms with Crippen molar-refractivity contribution in [3.05, 3.63) is 29.8 Å². The summed E-state index contributed by atoms with van der Waals surface area (Å²) in [7, 11) is 0. The lowest BCUT2D eigenvalue weighted by Gasteiger charge is -2.32. The molecule has 1 saturated heterocycles. The molecule has 0 unspecified atom stereocenters. The van der Waals surface area contributed by atoms with Crippen molar-refractivity contribution in [1.29, 1.82) is 0 Å². The van der Waals surface area contributed by atoms with Gasteiger partial charge in [-0.2, -0.15) is 0 Å². The number of nitrogens with one attached hydrogen (secondary N) is 1. The highest BCUT2D eigenvalue weighted by Gasteiger charge is 2.32. The highest BCUT2D eigenvalue weighted by atomic mass is 16.2. The second-order valence-electron chi connectivity index (χ2n) is 5.94. The molecule has 21 heavy (non-hydrogen) atoms. The number of nitrogens with zero attached hydrogens (tertiary/aromatic N) is 1. The van der Waals surface area contributed by atoms with Crippen molar-refractivity contribution in [2.75, 3.05) is 18.8 Å². The number of carbonyl (C=O) groups is 2. The molecular formula is C16H21N3O2. The SMILES string of the molecule is Nc1ccccc1C(=O)N1CCC(NC(=O)C2CC2)CC1. The Morgan fingerprint density at radius 1 is 1.10 bits per heavy atom. The molecule has 3 rings (SSSR count). The van der Waals surface area contributed by atoms with Crippen molar-refractivity contribution in [1.82, 2.24) is 10.2 Å². The van der Waals surface area contributed by atoms with Crippen molar-refractivity contribution in [2.24, 2.45) is 5.92 Å². The molecule has 1 heterocycles. The van der Waals surface area contributed by atoms with Gasteiger partial charge in [0.2, 0.25) is 5.91 Å². The molecule has 2 amide bonds. The summed E-state index contributed by atoms with van der Waals surface area (Å²) in [6.07, 6.45) is 3.68. The van der Waals surface area contributed by atoms with Crippen LogP contribution in [0.25, 0.3) is 0 Å². The normalized spacial score (nSPS) is 19.3. The van der Waals surface area contributed by atoms with E-state index < -0.39 is 0 Å². The van der Waals surface area contributed by atoms with Gasteiger partial charge in [0.1, 0.15) is 0 Å². The first kappa shape index (κ1) is 13.9. The summed E-state index contributed by atoms with van der Waals surface area (Å²) in [6, 6.07) is 7.36. The first-order valence-corrected chi connectivity index (χ1v) is 7.59. The summed E-state index contributed by atoms with van der Waals surface area (Å²) in [5.74, 6) is 0.418. The molecular weight excluding hydrogens is 266 g/mol. The van der Waals surface area contributed by atoms with E-state index in [2.05, 4.69) is 5.32 Å². The van der Waals surface area contributed by atoms with Crippen LogP contribution in [0.2, 0.25) is 0 Å². The van der Waals surface area contributed by atoms with Crippen LogP contribution in [0.15, 0.2) is 24.3 Å². The number of nitrogens with two attached hydrogens (primary N) is 1. The van der Waals surface area contributed by atoms with E-state index in [4.69, 9.17) is 5.73 Å². The van der Waals surface area contributed by atoms with Crippen LogP contribution in [0.1, 0.15) is 36.0 Å². The number of amides is 2. The van der Waals surface area contributed by atoms with Gasteiger partial charge in [-0.15, -0.1) is 0 Å². The third-order valence-electron chi connectivity index (χ3n) is 4.27. The lowest BCUT2D eigenvalue weighted by molar-refractivity contribution is -0.123. The van der Waals surface area contributed by atoms with E-state index in [1.807, 2.05) is 17.0 Å². The molecule has 112 valence electrons. The Morgan fingerprint density at radius 3 is 2.38 bits per heavy atom. The maximum absolute atomic E-state index is 12.4. The number of benzene rings is 1. The average molecular weight is 287 g/mol. The predicted octanol–water partition coefficient (Wildman–Crippen LogP) is 1.40. The Bertz CT molecular complexity index is 546. The molecule has 1 aromatic carbocycles. The van der Waals surface area contributed by atoms with Crippen molar-refractivity contribution < 1.29 is 9.59 Å². The van der Waals surface area contributed by atoms with E-state index in [1.54, 1.807) is 12.1 Å². The molecule has 1 aliphatic carbocycles. The molecule has 2 fully saturated rings. The van der Waals surface area contributed by atoms with E-state index in [1.165, 1.54) is 0 Å². The Balaban J connectivity index is 1.54. The Hall–Kier alpha value is -2.04. The fourth-order valence-corrected chi connectivity index (χ4v) is 2.75. The number of hydrogen-bond donors (Lipinski definition) is 2. The fraction of sp³-hybridized carbons (Fsp3) is 0.500. The number of hydrogen-bond acceptors (Lipinski definition) is 3. The fourth-order valence-electron chi connectivity index (χ4n) is 2.75. The molecule has 0 bridgehead atoms. The molecule has 1 saturated carbocycles. The molecule has 2 aliphatic rings. The largest absolute Gasteiger partial charge is 0.398 e. The molecule has 0 atom stereocenters. The molecule has 0 spiro atoms. The van der Waals surface area contributed by atoms with E-state index in [-0.39, 0.29) is 23.8 Å². The summed E-state index contributed by atoms with van der Waals surface area (Å²) in [5.41, 5.74) is 6.94. The molecule has 5 heteroatoms. The van der Waals surface area contributed by atoms with Crippen molar-refractivity contribution in [2.45, 2.75) is 31.7 Å². The Kier molecular flexibility index (Phi) is 3.82. The predicted molar refractivity (Wildman–Crippen MR) is 80.6 cm³/mol. The molecule has 1 aliphatic heterocycles. The first-order chi connectivity index (χ1) is 10.1. The van der Waals surface area contributed by atoms with Crippen LogP contribution in [0.3, 0.4) is 0 Å². The molecule has 1 aromatic rings. The van der Waals surface area contributed by atoms with Crippen LogP contribution < -0.4 is 11.1 Å². The van der Waals surface area contributed by atoms with E-state index >= 15 is 0 Å². The van der Waals surface area contributed by atoms with Crippen LogP contribution in [-0.2, 0) is 4.79 Å². The minimum absolute atomic E-state index is 0.0138. The number of anilines is 1. The third-order valence-corrected chi connectivity index (χ3v) is 4.27. The van der Waals surface area contributed by atoms with Gasteiger partial charge in [-0.1, -0.05) is 12.1 Å². The molecule has 0 aromatic heterocycles. The average Bonchev–Trinajstić information content (AvgIpc) is 3.32. The second kappa shape index (κ2) is 5.76. The van der Waals surface area contributed by atoms with Crippen LogP contribution in [-0.4, -0.2) is 35.8 Å². The number of para-hydroxylation sites is 1. The quantitative estimate of drug-likeness (QED) is 0.825. The van der Waals surface area contributed by atoms with Gasteiger partial charge in [0.25, 0.3) is 5.91 Å². The topological polar surface area (TPSA) is 75.4 Å². The van der Waals surface area contributed by atoms with Gasteiger partial charge in [-0.05, 0) is 37.8 Å². The molecule has 0 radical (unpaired) electrons. The number of piperidine rings is 1. The van der Waals surface area contributed by atoms with E-state index in [0.29, 0.717) is 24.3 Å². The summed E-state index contributed by atoms with van der Waals surface area (Å²) in [5, 5.41) is 3.09.